The van der Waals surface area contributed by atoms with Gasteiger partial charge < -0.3 is 0 Å². The van der Waals surface area contributed by atoms with E-state index in [1.807, 2.05) is 0 Å². The predicted octanol–water partition coefficient (Wildman–Crippen LogP) is 5.42. The zero-order valence-corrected chi connectivity index (χ0v) is 11.1. The lowest BCUT2D eigenvalue weighted by molar-refractivity contribution is 0.232. The van der Waals surface area contributed by atoms with Gasteiger partial charge in [0.15, 0.2) is 0 Å². The molecule has 0 bridgehead atoms. The van der Waals surface area contributed by atoms with Gasteiger partial charge in [0, 0.05) is 0 Å². The summed E-state index contributed by atoms with van der Waals surface area (Å²) in [7, 11) is 0. The van der Waals surface area contributed by atoms with Gasteiger partial charge in [-0.05, 0) is 24.2 Å². The molecular formula is C15H30. The van der Waals surface area contributed by atoms with Crippen molar-refractivity contribution in [3.8, 4) is 0 Å². The van der Waals surface area contributed by atoms with Crippen LogP contribution in [-0.4, -0.2) is 0 Å². The molecule has 0 aromatic heterocycles. The molecule has 1 aliphatic carbocycles. The summed E-state index contributed by atoms with van der Waals surface area (Å²) >= 11 is 0. The lowest BCUT2D eigenvalue weighted by atomic mass is 9.79. The van der Waals surface area contributed by atoms with Crippen molar-refractivity contribution in [1.82, 2.24) is 0 Å². The van der Waals surface area contributed by atoms with Crippen LogP contribution in [0.5, 0.6) is 0 Å². The van der Waals surface area contributed by atoms with Crippen LogP contribution in [0.2, 0.25) is 0 Å². The molecule has 0 saturated heterocycles. The molecule has 0 heteroatoms. The Hall–Kier alpha value is 0. The molecule has 0 spiro atoms. The van der Waals surface area contributed by atoms with Crippen LogP contribution in [-0.2, 0) is 0 Å². The monoisotopic (exact) mass is 210 g/mol. The van der Waals surface area contributed by atoms with Crippen LogP contribution < -0.4 is 0 Å². The zero-order chi connectivity index (χ0) is 11.1. The Morgan fingerprint density at radius 2 is 1.20 bits per heavy atom. The summed E-state index contributed by atoms with van der Waals surface area (Å²) in [5, 5.41) is 0. The smallest absolute Gasteiger partial charge is 0.0365 e. The van der Waals surface area contributed by atoms with Crippen molar-refractivity contribution in [3.05, 3.63) is 0 Å². The minimum Gasteiger partial charge on any atom is -0.0625 e. The highest BCUT2D eigenvalue weighted by Gasteiger charge is 2.20. The first-order valence-electron chi connectivity index (χ1n) is 7.22. The third-order valence-corrected chi connectivity index (χ3v) is 4.28. The first-order valence-corrected chi connectivity index (χ1v) is 7.22. The molecule has 1 rings (SSSR count). The third kappa shape index (κ3) is 5.04. The van der Waals surface area contributed by atoms with Crippen LogP contribution in [0, 0.1) is 17.8 Å². The molecule has 0 aromatic rings. The normalized spacial score (nSPS) is 31.2. The second-order valence-electron chi connectivity index (χ2n) is 5.94. The average Bonchev–Trinajstić information content (AvgIpc) is 2.23. The molecule has 0 nitrogen and oxygen atoms in total. The second-order valence-corrected chi connectivity index (χ2v) is 5.94. The second kappa shape index (κ2) is 7.30. The van der Waals surface area contributed by atoms with Crippen molar-refractivity contribution in [3.63, 3.8) is 0 Å². The maximum Gasteiger partial charge on any atom is -0.0365 e. The molecule has 0 radical (unpaired) electrons. The largest absolute Gasteiger partial charge is 0.0625 e. The number of hydrogen-bond donors (Lipinski definition) is 0. The Balaban J connectivity index is 2.43. The van der Waals surface area contributed by atoms with Crippen LogP contribution in [0.15, 0.2) is 0 Å². The van der Waals surface area contributed by atoms with E-state index in [9.17, 15) is 0 Å². The topological polar surface area (TPSA) is 0 Å². The van der Waals surface area contributed by atoms with Gasteiger partial charge in [0.2, 0.25) is 0 Å². The molecular weight excluding hydrogens is 180 g/mol. The molecule has 2 atom stereocenters. The van der Waals surface area contributed by atoms with Gasteiger partial charge in [-0.1, -0.05) is 72.1 Å². The summed E-state index contributed by atoms with van der Waals surface area (Å²) in [6.45, 7) is 7.32. The van der Waals surface area contributed by atoms with E-state index in [-0.39, 0.29) is 0 Å². The highest BCUT2D eigenvalue weighted by atomic mass is 14.3. The molecule has 0 aliphatic heterocycles. The van der Waals surface area contributed by atoms with E-state index >= 15 is 0 Å². The van der Waals surface area contributed by atoms with E-state index < -0.39 is 0 Å². The molecule has 0 heterocycles. The van der Waals surface area contributed by atoms with E-state index in [0.717, 1.165) is 17.8 Å². The molecule has 15 heavy (non-hydrogen) atoms. The van der Waals surface area contributed by atoms with Gasteiger partial charge >= 0.3 is 0 Å². The standard InChI is InChI=1S/C15H30/c1-13(2)15-12-10-8-6-4-5-7-9-11-14(15)3/h13-15H,4-12H2,1-3H3. The zero-order valence-electron chi connectivity index (χ0n) is 11.1. The van der Waals surface area contributed by atoms with Crippen LogP contribution in [0.25, 0.3) is 0 Å². The minimum absolute atomic E-state index is 0.890. The van der Waals surface area contributed by atoms with Crippen molar-refractivity contribution in [2.24, 2.45) is 17.8 Å². The van der Waals surface area contributed by atoms with Crippen LogP contribution in [0.4, 0.5) is 0 Å². The van der Waals surface area contributed by atoms with E-state index in [1.54, 1.807) is 0 Å². The third-order valence-electron chi connectivity index (χ3n) is 4.28. The van der Waals surface area contributed by atoms with E-state index in [0.29, 0.717) is 0 Å². The van der Waals surface area contributed by atoms with Crippen LogP contribution in [0.1, 0.15) is 78.6 Å². The highest BCUT2D eigenvalue weighted by Crippen LogP contribution is 2.31. The fourth-order valence-corrected chi connectivity index (χ4v) is 3.22. The lowest BCUT2D eigenvalue weighted by Gasteiger charge is -2.27. The Morgan fingerprint density at radius 3 is 1.73 bits per heavy atom. The van der Waals surface area contributed by atoms with Gasteiger partial charge in [-0.25, -0.2) is 0 Å². The fraction of sp³-hybridized carbons (Fsp3) is 1.00. The minimum atomic E-state index is 0.890. The fourth-order valence-electron chi connectivity index (χ4n) is 3.22. The van der Waals surface area contributed by atoms with E-state index in [1.165, 1.54) is 57.8 Å². The van der Waals surface area contributed by atoms with Crippen molar-refractivity contribution in [2.45, 2.75) is 78.6 Å². The van der Waals surface area contributed by atoms with Gasteiger partial charge in [0.25, 0.3) is 0 Å². The van der Waals surface area contributed by atoms with Gasteiger partial charge in [-0.3, -0.25) is 0 Å². The van der Waals surface area contributed by atoms with Crippen molar-refractivity contribution in [2.75, 3.05) is 0 Å². The van der Waals surface area contributed by atoms with Gasteiger partial charge in [0.05, 0.1) is 0 Å². The first kappa shape index (κ1) is 13.1. The Bertz CT molecular complexity index is 148. The quantitative estimate of drug-likeness (QED) is 0.542. The summed E-state index contributed by atoms with van der Waals surface area (Å²) in [5.41, 5.74) is 0. The molecule has 0 aromatic carbocycles. The maximum absolute atomic E-state index is 2.49. The van der Waals surface area contributed by atoms with Gasteiger partial charge in [-0.15, -0.1) is 0 Å². The molecule has 1 saturated carbocycles. The highest BCUT2D eigenvalue weighted by molar-refractivity contribution is 4.71. The number of hydrogen-bond acceptors (Lipinski definition) is 0. The summed E-state index contributed by atoms with van der Waals surface area (Å²) in [4.78, 5) is 0. The van der Waals surface area contributed by atoms with Crippen LogP contribution >= 0.6 is 0 Å². The molecule has 0 N–H and O–H groups in total. The van der Waals surface area contributed by atoms with E-state index in [4.69, 9.17) is 0 Å². The SMILES string of the molecule is CC(C)C1CCCCCCCCCC1C. The summed E-state index contributed by atoms with van der Waals surface area (Å²) in [6, 6.07) is 0. The maximum atomic E-state index is 2.49. The molecule has 2 unspecified atom stereocenters. The molecule has 0 amide bonds. The summed E-state index contributed by atoms with van der Waals surface area (Å²) in [6.07, 6.45) is 13.3. The summed E-state index contributed by atoms with van der Waals surface area (Å²) in [5.74, 6) is 2.84. The predicted molar refractivity (Wildman–Crippen MR) is 69.0 cm³/mol. The Kier molecular flexibility index (Phi) is 6.36. The van der Waals surface area contributed by atoms with Crippen molar-refractivity contribution < 1.29 is 0 Å². The Labute approximate surface area is 96.8 Å². The molecule has 90 valence electrons. The van der Waals surface area contributed by atoms with Crippen molar-refractivity contribution in [1.29, 1.82) is 0 Å². The molecule has 1 fully saturated rings. The van der Waals surface area contributed by atoms with E-state index in [2.05, 4.69) is 20.8 Å². The Morgan fingerprint density at radius 1 is 0.733 bits per heavy atom. The van der Waals surface area contributed by atoms with Gasteiger partial charge in [0.1, 0.15) is 0 Å². The summed E-state index contributed by atoms with van der Waals surface area (Å²) < 4.78 is 0. The average molecular weight is 210 g/mol. The first-order chi connectivity index (χ1) is 7.22. The molecule has 1 aliphatic rings. The van der Waals surface area contributed by atoms with Crippen molar-refractivity contribution >= 4 is 0 Å². The van der Waals surface area contributed by atoms with Gasteiger partial charge in [-0.2, -0.15) is 0 Å². The lowest BCUT2D eigenvalue weighted by Crippen LogP contribution is -2.18. The van der Waals surface area contributed by atoms with Crippen LogP contribution in [0.3, 0.4) is 0 Å². The number of rotatable bonds is 1.